The first-order valence-corrected chi connectivity index (χ1v) is 9.91. The number of benzene rings is 1. The monoisotopic (exact) mass is 401 g/mol. The number of carbonyl (C=O) groups excluding carboxylic acids is 1. The Labute approximate surface area is 165 Å². The second-order valence-corrected chi connectivity index (χ2v) is 8.75. The minimum atomic E-state index is -0.418. The third-order valence-corrected chi connectivity index (χ3v) is 5.63. The van der Waals surface area contributed by atoms with Gasteiger partial charge < -0.3 is 5.32 Å². The van der Waals surface area contributed by atoms with Crippen molar-refractivity contribution < 1.29 is 9.18 Å². The molecule has 146 valence electrons. The highest BCUT2D eigenvalue weighted by molar-refractivity contribution is 7.99. The highest BCUT2D eigenvalue weighted by atomic mass is 32.2. The molecular weight excluding hydrogens is 381 g/mol. The molecular formula is C19H20FN5O2S. The zero-order valence-corrected chi connectivity index (χ0v) is 16.6. The van der Waals surface area contributed by atoms with Gasteiger partial charge in [0, 0.05) is 17.9 Å². The van der Waals surface area contributed by atoms with Gasteiger partial charge in [0.05, 0.1) is 17.8 Å². The van der Waals surface area contributed by atoms with Gasteiger partial charge in [-0.1, -0.05) is 17.8 Å². The molecule has 0 saturated heterocycles. The first-order valence-electron chi connectivity index (χ1n) is 8.93. The van der Waals surface area contributed by atoms with Gasteiger partial charge in [-0.3, -0.25) is 14.2 Å². The molecule has 4 rings (SSSR count). The first kappa shape index (κ1) is 18.7. The largest absolute Gasteiger partial charge is 0.326 e. The standard InChI is InChI=1S/C19H20FN5O2S/c1-19(2,3)25-16-14(9-21-25)17(27)24-13(10-28-18(24)23-16)8-15(26)22-12-6-4-5-11(20)7-12/h4-7,9,13H,8,10H2,1-3H3,(H,22,26). The fourth-order valence-electron chi connectivity index (χ4n) is 3.26. The number of fused-ring (bicyclic) bond motifs is 2. The lowest BCUT2D eigenvalue weighted by Gasteiger charge is -2.20. The predicted octanol–water partition coefficient (Wildman–Crippen LogP) is 3.16. The van der Waals surface area contributed by atoms with Crippen LogP contribution in [-0.4, -0.2) is 31.0 Å². The minimum absolute atomic E-state index is 0.108. The summed E-state index contributed by atoms with van der Waals surface area (Å²) in [5, 5.41) is 8.05. The van der Waals surface area contributed by atoms with Crippen LogP contribution in [0.5, 0.6) is 0 Å². The van der Waals surface area contributed by atoms with Crippen molar-refractivity contribution in [1.82, 2.24) is 19.3 Å². The van der Waals surface area contributed by atoms with Gasteiger partial charge in [0.2, 0.25) is 5.91 Å². The van der Waals surface area contributed by atoms with Crippen molar-refractivity contribution in [2.75, 3.05) is 11.1 Å². The van der Waals surface area contributed by atoms with Crippen LogP contribution < -0.4 is 10.9 Å². The zero-order valence-electron chi connectivity index (χ0n) is 15.8. The summed E-state index contributed by atoms with van der Waals surface area (Å²) >= 11 is 1.45. The van der Waals surface area contributed by atoms with Crippen molar-refractivity contribution in [3.8, 4) is 0 Å². The number of nitrogens with one attached hydrogen (secondary N) is 1. The van der Waals surface area contributed by atoms with E-state index in [0.29, 0.717) is 27.6 Å². The predicted molar refractivity (Wildman–Crippen MR) is 106 cm³/mol. The lowest BCUT2D eigenvalue weighted by Crippen LogP contribution is -2.29. The Morgan fingerprint density at radius 1 is 1.39 bits per heavy atom. The second-order valence-electron chi connectivity index (χ2n) is 7.76. The molecule has 3 heterocycles. The number of aromatic nitrogens is 4. The smallest absolute Gasteiger partial charge is 0.265 e. The highest BCUT2D eigenvalue weighted by Crippen LogP contribution is 2.33. The molecule has 1 aliphatic rings. The maximum absolute atomic E-state index is 13.3. The maximum Gasteiger partial charge on any atom is 0.265 e. The highest BCUT2D eigenvalue weighted by Gasteiger charge is 2.30. The van der Waals surface area contributed by atoms with Crippen molar-refractivity contribution in [2.45, 2.75) is 43.9 Å². The summed E-state index contributed by atoms with van der Waals surface area (Å²) in [6, 6.07) is 5.41. The Bertz CT molecular complexity index is 1130. The summed E-state index contributed by atoms with van der Waals surface area (Å²) in [7, 11) is 0. The molecule has 1 unspecified atom stereocenters. The Balaban J connectivity index is 1.62. The van der Waals surface area contributed by atoms with Crippen molar-refractivity contribution in [1.29, 1.82) is 0 Å². The number of thioether (sulfide) groups is 1. The summed E-state index contributed by atoms with van der Waals surface area (Å²) in [4.78, 5) is 30.1. The molecule has 1 N–H and O–H groups in total. The molecule has 1 atom stereocenters. The van der Waals surface area contributed by atoms with Crippen molar-refractivity contribution >= 4 is 34.4 Å². The van der Waals surface area contributed by atoms with Crippen LogP contribution in [0.4, 0.5) is 10.1 Å². The first-order chi connectivity index (χ1) is 13.2. The minimum Gasteiger partial charge on any atom is -0.326 e. The van der Waals surface area contributed by atoms with E-state index in [0.717, 1.165) is 0 Å². The molecule has 1 aliphatic heterocycles. The SMILES string of the molecule is CC(C)(C)n1ncc2c(=O)n3c(nc21)SCC3CC(=O)Nc1cccc(F)c1. The molecule has 0 bridgehead atoms. The van der Waals surface area contributed by atoms with Gasteiger partial charge in [0.15, 0.2) is 10.8 Å². The van der Waals surface area contributed by atoms with E-state index in [9.17, 15) is 14.0 Å². The number of rotatable bonds is 3. The molecule has 9 heteroatoms. The van der Waals surface area contributed by atoms with Gasteiger partial charge in [-0.25, -0.2) is 14.1 Å². The number of hydrogen-bond acceptors (Lipinski definition) is 5. The van der Waals surface area contributed by atoms with E-state index >= 15 is 0 Å². The number of amides is 1. The molecule has 3 aromatic rings. The summed E-state index contributed by atoms with van der Waals surface area (Å²) in [5.74, 6) is -0.117. The molecule has 0 aliphatic carbocycles. The molecule has 0 radical (unpaired) electrons. The summed E-state index contributed by atoms with van der Waals surface area (Å²) in [6.07, 6.45) is 1.65. The molecule has 28 heavy (non-hydrogen) atoms. The van der Waals surface area contributed by atoms with Crippen LogP contribution in [-0.2, 0) is 10.3 Å². The van der Waals surface area contributed by atoms with Crippen molar-refractivity contribution in [3.63, 3.8) is 0 Å². The Kier molecular flexibility index (Phi) is 4.49. The molecule has 7 nitrogen and oxygen atoms in total. The third kappa shape index (κ3) is 3.30. The molecule has 1 aromatic carbocycles. The normalized spacial score (nSPS) is 16.4. The van der Waals surface area contributed by atoms with Gasteiger partial charge in [0.25, 0.3) is 5.56 Å². The summed E-state index contributed by atoms with van der Waals surface area (Å²) in [5.41, 5.74) is 0.460. The number of halogens is 1. The van der Waals surface area contributed by atoms with Crippen LogP contribution in [0.3, 0.4) is 0 Å². The summed E-state index contributed by atoms with van der Waals surface area (Å²) < 4.78 is 16.6. The second kappa shape index (κ2) is 6.73. The average molecular weight is 401 g/mol. The zero-order chi connectivity index (χ0) is 20.1. The number of nitrogens with zero attached hydrogens (tertiary/aromatic N) is 4. The van der Waals surface area contributed by atoms with Gasteiger partial charge in [-0.2, -0.15) is 5.10 Å². The van der Waals surface area contributed by atoms with Gasteiger partial charge in [-0.15, -0.1) is 0 Å². The lowest BCUT2D eigenvalue weighted by molar-refractivity contribution is -0.116. The van der Waals surface area contributed by atoms with Crippen LogP contribution in [0.15, 0.2) is 40.4 Å². The lowest BCUT2D eigenvalue weighted by atomic mass is 10.1. The van der Waals surface area contributed by atoms with E-state index in [4.69, 9.17) is 0 Å². The maximum atomic E-state index is 13.3. The van der Waals surface area contributed by atoms with Crippen LogP contribution in [0, 0.1) is 5.82 Å². The molecule has 0 fully saturated rings. The van der Waals surface area contributed by atoms with E-state index in [1.807, 2.05) is 20.8 Å². The van der Waals surface area contributed by atoms with Crippen molar-refractivity contribution in [2.24, 2.45) is 0 Å². The number of hydrogen-bond donors (Lipinski definition) is 1. The van der Waals surface area contributed by atoms with Gasteiger partial charge >= 0.3 is 0 Å². The Hall–Kier alpha value is -2.68. The molecule has 1 amide bonds. The average Bonchev–Trinajstić information content (AvgIpc) is 3.19. The number of anilines is 1. The van der Waals surface area contributed by atoms with Gasteiger partial charge in [0.1, 0.15) is 11.2 Å². The van der Waals surface area contributed by atoms with E-state index in [-0.39, 0.29) is 29.5 Å². The molecule has 2 aromatic heterocycles. The quantitative estimate of drug-likeness (QED) is 0.682. The summed E-state index contributed by atoms with van der Waals surface area (Å²) in [6.45, 7) is 6.00. The fraction of sp³-hybridized carbons (Fsp3) is 0.368. The van der Waals surface area contributed by atoms with E-state index < -0.39 is 5.82 Å². The molecule has 0 saturated carbocycles. The van der Waals surface area contributed by atoms with Crippen molar-refractivity contribution in [3.05, 3.63) is 46.6 Å². The van der Waals surface area contributed by atoms with E-state index in [2.05, 4.69) is 15.4 Å². The Morgan fingerprint density at radius 2 is 2.18 bits per heavy atom. The van der Waals surface area contributed by atoms with E-state index in [1.165, 1.54) is 36.2 Å². The fourth-order valence-corrected chi connectivity index (χ4v) is 4.39. The Morgan fingerprint density at radius 3 is 2.89 bits per heavy atom. The van der Waals surface area contributed by atoms with Crippen LogP contribution in [0.1, 0.15) is 33.2 Å². The number of carbonyl (C=O) groups is 1. The van der Waals surface area contributed by atoms with Gasteiger partial charge in [-0.05, 0) is 39.0 Å². The van der Waals surface area contributed by atoms with Crippen LogP contribution in [0.2, 0.25) is 0 Å². The molecule has 0 spiro atoms. The topological polar surface area (TPSA) is 81.8 Å². The van der Waals surface area contributed by atoms with E-state index in [1.54, 1.807) is 15.3 Å². The van der Waals surface area contributed by atoms with Crippen LogP contribution >= 0.6 is 11.8 Å². The third-order valence-electron chi connectivity index (χ3n) is 4.54. The van der Waals surface area contributed by atoms with Crippen LogP contribution in [0.25, 0.3) is 11.0 Å².